The smallest absolute Gasteiger partial charge is 0.323 e. The topological polar surface area (TPSA) is 92.0 Å². The maximum absolute atomic E-state index is 12.4. The number of rotatable bonds is 5. The summed E-state index contributed by atoms with van der Waals surface area (Å²) in [6.45, 7) is 3.51. The van der Waals surface area contributed by atoms with Crippen LogP contribution in [0, 0.1) is 6.92 Å². The molecule has 8 heteroatoms. The normalized spacial score (nSPS) is 10.8. The Balaban J connectivity index is 2.43. The summed E-state index contributed by atoms with van der Waals surface area (Å²) in [6.07, 6.45) is 3.45. The Bertz CT molecular complexity index is 749. The molecule has 0 bridgehead atoms. The predicted molar refractivity (Wildman–Crippen MR) is 77.9 cm³/mol. The lowest BCUT2D eigenvalue weighted by molar-refractivity contribution is -0.137. The van der Waals surface area contributed by atoms with Gasteiger partial charge in [-0.25, -0.2) is 4.98 Å². The number of nitrogens with zero attached hydrogens (tertiary/aromatic N) is 3. The standard InChI is InChI=1S/C13H15N3O4S/c1-3-4-15(7-10(17)18)11(19)9-5-14-13-16(12(9)20)6-8(2)21-13/h5-6H,3-4,7H2,1-2H3,(H,17,18). The molecular weight excluding hydrogens is 294 g/mol. The molecule has 7 nitrogen and oxygen atoms in total. The molecule has 1 amide bonds. The van der Waals surface area contributed by atoms with E-state index in [2.05, 4.69) is 4.98 Å². The molecule has 0 aromatic carbocycles. The van der Waals surface area contributed by atoms with Crippen LogP contribution in [0.5, 0.6) is 0 Å². The molecule has 0 aliphatic rings. The second-order valence-electron chi connectivity index (χ2n) is 4.59. The van der Waals surface area contributed by atoms with Crippen LogP contribution in [0.1, 0.15) is 28.6 Å². The van der Waals surface area contributed by atoms with Crippen LogP contribution in [0.4, 0.5) is 0 Å². The third-order valence-corrected chi connectivity index (χ3v) is 3.77. The molecule has 21 heavy (non-hydrogen) atoms. The zero-order valence-electron chi connectivity index (χ0n) is 11.7. The first-order chi connectivity index (χ1) is 9.93. The fourth-order valence-corrected chi connectivity index (χ4v) is 2.78. The summed E-state index contributed by atoms with van der Waals surface area (Å²) in [7, 11) is 0. The van der Waals surface area contributed by atoms with Gasteiger partial charge in [-0.1, -0.05) is 6.92 Å². The van der Waals surface area contributed by atoms with E-state index in [9.17, 15) is 14.4 Å². The van der Waals surface area contributed by atoms with Gasteiger partial charge >= 0.3 is 5.97 Å². The lowest BCUT2D eigenvalue weighted by Crippen LogP contribution is -2.39. The van der Waals surface area contributed by atoms with Crippen LogP contribution in [0.2, 0.25) is 0 Å². The Labute approximate surface area is 124 Å². The summed E-state index contributed by atoms with van der Waals surface area (Å²) < 4.78 is 1.32. The fraction of sp³-hybridized carbons (Fsp3) is 0.385. The first kappa shape index (κ1) is 15.2. The van der Waals surface area contributed by atoms with Crippen molar-refractivity contribution in [3.63, 3.8) is 0 Å². The molecule has 2 rings (SSSR count). The van der Waals surface area contributed by atoms with Crippen molar-refractivity contribution in [3.05, 3.63) is 33.2 Å². The first-order valence-electron chi connectivity index (χ1n) is 6.43. The minimum absolute atomic E-state index is 0.111. The predicted octanol–water partition coefficient (Wildman–Crippen LogP) is 1.00. The minimum Gasteiger partial charge on any atom is -0.480 e. The van der Waals surface area contributed by atoms with Crippen LogP contribution in [0.15, 0.2) is 17.2 Å². The Morgan fingerprint density at radius 2 is 2.19 bits per heavy atom. The number of aliphatic carboxylic acids is 1. The highest BCUT2D eigenvalue weighted by Crippen LogP contribution is 2.13. The van der Waals surface area contributed by atoms with E-state index in [-0.39, 0.29) is 12.1 Å². The van der Waals surface area contributed by atoms with Crippen molar-refractivity contribution in [2.75, 3.05) is 13.1 Å². The molecule has 112 valence electrons. The van der Waals surface area contributed by atoms with Crippen LogP contribution in [-0.4, -0.2) is 44.4 Å². The van der Waals surface area contributed by atoms with Gasteiger partial charge < -0.3 is 10.0 Å². The van der Waals surface area contributed by atoms with Crippen molar-refractivity contribution in [2.24, 2.45) is 0 Å². The third kappa shape index (κ3) is 3.10. The van der Waals surface area contributed by atoms with Crippen molar-refractivity contribution >= 4 is 28.2 Å². The molecule has 1 N–H and O–H groups in total. The van der Waals surface area contributed by atoms with Crippen molar-refractivity contribution in [2.45, 2.75) is 20.3 Å². The largest absolute Gasteiger partial charge is 0.480 e. The molecule has 0 atom stereocenters. The van der Waals surface area contributed by atoms with Gasteiger partial charge in [0, 0.05) is 23.8 Å². The maximum Gasteiger partial charge on any atom is 0.323 e. The summed E-state index contributed by atoms with van der Waals surface area (Å²) >= 11 is 1.35. The number of carboxylic acid groups (broad SMARTS) is 1. The van der Waals surface area contributed by atoms with Crippen molar-refractivity contribution in [1.82, 2.24) is 14.3 Å². The summed E-state index contributed by atoms with van der Waals surface area (Å²) in [5, 5.41) is 8.86. The number of hydrogen-bond acceptors (Lipinski definition) is 5. The molecule has 2 aromatic heterocycles. The second-order valence-corrected chi connectivity index (χ2v) is 5.81. The molecule has 0 radical (unpaired) electrons. The highest BCUT2D eigenvalue weighted by molar-refractivity contribution is 7.16. The summed E-state index contributed by atoms with van der Waals surface area (Å²) in [4.78, 5) is 42.1. The van der Waals surface area contributed by atoms with Gasteiger partial charge in [0.05, 0.1) is 0 Å². The lowest BCUT2D eigenvalue weighted by Gasteiger charge is -2.19. The molecular formula is C13H15N3O4S. The van der Waals surface area contributed by atoms with E-state index in [1.807, 2.05) is 13.8 Å². The Kier molecular flexibility index (Phi) is 4.37. The molecule has 2 heterocycles. The molecule has 0 aliphatic carbocycles. The van der Waals surface area contributed by atoms with Gasteiger partial charge in [0.2, 0.25) is 0 Å². The number of aromatic nitrogens is 2. The lowest BCUT2D eigenvalue weighted by atomic mass is 10.2. The molecule has 0 spiro atoms. The zero-order valence-corrected chi connectivity index (χ0v) is 12.5. The Morgan fingerprint density at radius 1 is 1.48 bits per heavy atom. The van der Waals surface area contributed by atoms with Crippen LogP contribution in [-0.2, 0) is 4.79 Å². The number of hydrogen-bond donors (Lipinski definition) is 1. The maximum atomic E-state index is 12.4. The zero-order chi connectivity index (χ0) is 15.6. The highest BCUT2D eigenvalue weighted by atomic mass is 32.1. The van der Waals surface area contributed by atoms with E-state index in [1.165, 1.54) is 21.9 Å². The van der Waals surface area contributed by atoms with Crippen LogP contribution < -0.4 is 5.56 Å². The quantitative estimate of drug-likeness (QED) is 0.889. The highest BCUT2D eigenvalue weighted by Gasteiger charge is 2.22. The average molecular weight is 309 g/mol. The van der Waals surface area contributed by atoms with E-state index in [4.69, 9.17) is 5.11 Å². The third-order valence-electron chi connectivity index (χ3n) is 2.86. The van der Waals surface area contributed by atoms with Crippen LogP contribution >= 0.6 is 11.3 Å². The van der Waals surface area contributed by atoms with Crippen molar-refractivity contribution in [1.29, 1.82) is 0 Å². The molecule has 0 saturated heterocycles. The molecule has 0 unspecified atom stereocenters. The van der Waals surface area contributed by atoms with E-state index >= 15 is 0 Å². The minimum atomic E-state index is -1.11. The van der Waals surface area contributed by atoms with Gasteiger partial charge in [0.25, 0.3) is 11.5 Å². The number of carbonyl (C=O) groups is 2. The monoisotopic (exact) mass is 309 g/mol. The van der Waals surface area contributed by atoms with Gasteiger partial charge in [-0.2, -0.15) is 0 Å². The van der Waals surface area contributed by atoms with E-state index < -0.39 is 24.0 Å². The van der Waals surface area contributed by atoms with Crippen LogP contribution in [0.25, 0.3) is 4.96 Å². The van der Waals surface area contributed by atoms with Gasteiger partial charge in [-0.15, -0.1) is 11.3 Å². The van der Waals surface area contributed by atoms with E-state index in [0.29, 0.717) is 11.4 Å². The van der Waals surface area contributed by atoms with Gasteiger partial charge in [0.15, 0.2) is 4.96 Å². The fourth-order valence-electron chi connectivity index (χ4n) is 2.00. The number of fused-ring (bicyclic) bond motifs is 1. The summed E-state index contributed by atoms with van der Waals surface area (Å²) in [5.41, 5.74) is -0.583. The Hall–Kier alpha value is -2.22. The average Bonchev–Trinajstić information content (AvgIpc) is 2.79. The van der Waals surface area contributed by atoms with E-state index in [1.54, 1.807) is 6.20 Å². The van der Waals surface area contributed by atoms with Gasteiger partial charge in [0.1, 0.15) is 12.1 Å². The molecule has 0 aliphatic heterocycles. The Morgan fingerprint density at radius 3 is 2.81 bits per heavy atom. The number of amides is 1. The molecule has 0 fully saturated rings. The second kappa shape index (κ2) is 6.04. The SMILES string of the molecule is CCCN(CC(=O)O)C(=O)c1cnc2sc(C)cn2c1=O. The van der Waals surface area contributed by atoms with Crippen molar-refractivity contribution < 1.29 is 14.7 Å². The molecule has 2 aromatic rings. The summed E-state index contributed by atoms with van der Waals surface area (Å²) in [6, 6.07) is 0. The number of thiazole rings is 1. The van der Waals surface area contributed by atoms with E-state index in [0.717, 1.165) is 9.78 Å². The number of aryl methyl sites for hydroxylation is 1. The van der Waals surface area contributed by atoms with Crippen LogP contribution in [0.3, 0.4) is 0 Å². The first-order valence-corrected chi connectivity index (χ1v) is 7.24. The van der Waals surface area contributed by atoms with Crippen molar-refractivity contribution in [3.8, 4) is 0 Å². The molecule has 0 saturated carbocycles. The van der Waals surface area contributed by atoms with Gasteiger partial charge in [-0.05, 0) is 13.3 Å². The van der Waals surface area contributed by atoms with Gasteiger partial charge in [-0.3, -0.25) is 18.8 Å². The number of carbonyl (C=O) groups excluding carboxylic acids is 1. The summed E-state index contributed by atoms with van der Waals surface area (Å²) in [5.74, 6) is -1.72. The number of carboxylic acids is 1.